The van der Waals surface area contributed by atoms with E-state index < -0.39 is 0 Å². The second kappa shape index (κ2) is 4.41. The Hall–Kier alpha value is -0.110. The van der Waals surface area contributed by atoms with E-state index in [1.165, 1.54) is 45.3 Å². The van der Waals surface area contributed by atoms with Crippen LogP contribution in [0, 0.1) is 5.41 Å². The Morgan fingerprint density at radius 1 is 1.15 bits per heavy atom. The molecular formula is C11H22FN. The first kappa shape index (κ1) is 11.0. The quantitative estimate of drug-likeness (QED) is 0.654. The maximum atomic E-state index is 12.2. The molecule has 1 aliphatic carbocycles. The summed E-state index contributed by atoms with van der Waals surface area (Å²) in [5.41, 5.74) is 0.416. The molecule has 13 heavy (non-hydrogen) atoms. The SMILES string of the molecule is C.FCCC1(CN2CCCC2)CC1. The number of halogens is 1. The molecule has 2 rings (SSSR count). The summed E-state index contributed by atoms with van der Waals surface area (Å²) in [7, 11) is 0. The van der Waals surface area contributed by atoms with E-state index in [4.69, 9.17) is 0 Å². The van der Waals surface area contributed by atoms with E-state index >= 15 is 0 Å². The molecule has 0 amide bonds. The van der Waals surface area contributed by atoms with E-state index in [0.29, 0.717) is 5.41 Å². The molecule has 0 bridgehead atoms. The van der Waals surface area contributed by atoms with Crippen LogP contribution in [0.4, 0.5) is 4.39 Å². The zero-order chi connectivity index (χ0) is 8.44. The molecule has 1 saturated carbocycles. The highest BCUT2D eigenvalue weighted by atomic mass is 19.1. The molecule has 1 heterocycles. The molecule has 0 unspecified atom stereocenters. The maximum Gasteiger partial charge on any atom is 0.0900 e. The average molecular weight is 187 g/mol. The van der Waals surface area contributed by atoms with Gasteiger partial charge in [-0.15, -0.1) is 0 Å². The zero-order valence-corrected chi connectivity index (χ0v) is 7.69. The van der Waals surface area contributed by atoms with Crippen LogP contribution in [0.2, 0.25) is 0 Å². The minimum atomic E-state index is -0.117. The third-order valence-corrected chi connectivity index (χ3v) is 3.34. The summed E-state index contributed by atoms with van der Waals surface area (Å²) in [5, 5.41) is 0. The van der Waals surface area contributed by atoms with Crippen molar-refractivity contribution in [2.45, 2.75) is 39.5 Å². The van der Waals surface area contributed by atoms with Gasteiger partial charge in [0, 0.05) is 6.54 Å². The standard InChI is InChI=1S/C10H18FN.CH4/c11-6-5-10(3-4-10)9-12-7-1-2-8-12;/h1-9H2;1H4. The average Bonchev–Trinajstić information content (AvgIpc) is 2.63. The van der Waals surface area contributed by atoms with E-state index in [1.54, 1.807) is 0 Å². The predicted octanol–water partition coefficient (Wildman–Crippen LogP) is 2.86. The second-order valence-corrected chi connectivity index (χ2v) is 4.42. The van der Waals surface area contributed by atoms with E-state index in [-0.39, 0.29) is 14.1 Å². The van der Waals surface area contributed by atoms with Crippen LogP contribution in [0.5, 0.6) is 0 Å². The van der Waals surface area contributed by atoms with Gasteiger partial charge in [0.2, 0.25) is 0 Å². The number of hydrogen-bond donors (Lipinski definition) is 0. The van der Waals surface area contributed by atoms with Crippen LogP contribution in [0.1, 0.15) is 39.5 Å². The summed E-state index contributed by atoms with van der Waals surface area (Å²) in [6.07, 6.45) is 6.06. The van der Waals surface area contributed by atoms with Crippen LogP contribution < -0.4 is 0 Å². The van der Waals surface area contributed by atoms with Crippen molar-refractivity contribution >= 4 is 0 Å². The fourth-order valence-corrected chi connectivity index (χ4v) is 2.28. The van der Waals surface area contributed by atoms with Crippen molar-refractivity contribution in [1.82, 2.24) is 4.90 Å². The molecule has 0 aromatic rings. The number of hydrogen-bond acceptors (Lipinski definition) is 1. The summed E-state index contributed by atoms with van der Waals surface area (Å²) in [6.45, 7) is 3.58. The molecular weight excluding hydrogens is 165 g/mol. The Morgan fingerprint density at radius 3 is 2.23 bits per heavy atom. The second-order valence-electron chi connectivity index (χ2n) is 4.42. The van der Waals surface area contributed by atoms with E-state index in [1.807, 2.05) is 0 Å². The van der Waals surface area contributed by atoms with Crippen molar-refractivity contribution < 1.29 is 4.39 Å². The number of likely N-dealkylation sites (tertiary alicyclic amines) is 1. The predicted molar refractivity (Wildman–Crippen MR) is 54.7 cm³/mol. The minimum absolute atomic E-state index is 0. The van der Waals surface area contributed by atoms with E-state index in [9.17, 15) is 4.39 Å². The molecule has 2 fully saturated rings. The molecule has 0 spiro atoms. The fraction of sp³-hybridized carbons (Fsp3) is 1.00. The Kier molecular flexibility index (Phi) is 3.72. The van der Waals surface area contributed by atoms with Crippen LogP contribution in [-0.2, 0) is 0 Å². The Labute approximate surface area is 81.3 Å². The third-order valence-electron chi connectivity index (χ3n) is 3.34. The van der Waals surface area contributed by atoms with Gasteiger partial charge in [0.1, 0.15) is 0 Å². The lowest BCUT2D eigenvalue weighted by Crippen LogP contribution is -2.27. The van der Waals surface area contributed by atoms with Gasteiger partial charge in [-0.05, 0) is 50.6 Å². The van der Waals surface area contributed by atoms with Gasteiger partial charge >= 0.3 is 0 Å². The Balaban J connectivity index is 0.000000845. The van der Waals surface area contributed by atoms with Crippen molar-refractivity contribution in [2.24, 2.45) is 5.41 Å². The van der Waals surface area contributed by atoms with Gasteiger partial charge < -0.3 is 4.90 Å². The van der Waals surface area contributed by atoms with E-state index in [2.05, 4.69) is 4.90 Å². The Morgan fingerprint density at radius 2 is 1.77 bits per heavy atom. The van der Waals surface area contributed by atoms with Crippen molar-refractivity contribution in [3.8, 4) is 0 Å². The van der Waals surface area contributed by atoms with Crippen molar-refractivity contribution in [3.63, 3.8) is 0 Å². The number of rotatable bonds is 4. The van der Waals surface area contributed by atoms with Gasteiger partial charge in [0.05, 0.1) is 6.67 Å². The molecule has 1 nitrogen and oxygen atoms in total. The topological polar surface area (TPSA) is 3.24 Å². The van der Waals surface area contributed by atoms with Gasteiger partial charge in [0.25, 0.3) is 0 Å². The minimum Gasteiger partial charge on any atom is -0.303 e. The summed E-state index contributed by atoms with van der Waals surface area (Å²) < 4.78 is 12.2. The first-order valence-electron chi connectivity index (χ1n) is 5.13. The highest BCUT2D eigenvalue weighted by molar-refractivity contribution is 4.95. The lowest BCUT2D eigenvalue weighted by Gasteiger charge is -2.21. The molecule has 1 saturated heterocycles. The lowest BCUT2D eigenvalue weighted by atomic mass is 10.0. The van der Waals surface area contributed by atoms with Crippen LogP contribution in [0.15, 0.2) is 0 Å². The highest BCUT2D eigenvalue weighted by Gasteiger charge is 2.43. The Bertz CT molecular complexity index is 148. The molecule has 2 aliphatic rings. The fourth-order valence-electron chi connectivity index (χ4n) is 2.28. The molecule has 0 atom stereocenters. The molecule has 0 radical (unpaired) electrons. The zero-order valence-electron chi connectivity index (χ0n) is 7.69. The monoisotopic (exact) mass is 187 g/mol. The highest BCUT2D eigenvalue weighted by Crippen LogP contribution is 2.49. The first-order valence-corrected chi connectivity index (χ1v) is 5.13. The molecule has 0 aromatic carbocycles. The third kappa shape index (κ3) is 2.67. The van der Waals surface area contributed by atoms with Crippen molar-refractivity contribution in [3.05, 3.63) is 0 Å². The van der Waals surface area contributed by atoms with Crippen molar-refractivity contribution in [1.29, 1.82) is 0 Å². The van der Waals surface area contributed by atoms with Crippen LogP contribution in [0.25, 0.3) is 0 Å². The molecule has 0 N–H and O–H groups in total. The molecule has 2 heteroatoms. The molecule has 0 aromatic heterocycles. The van der Waals surface area contributed by atoms with Gasteiger partial charge in [-0.1, -0.05) is 7.43 Å². The maximum absolute atomic E-state index is 12.2. The lowest BCUT2D eigenvalue weighted by molar-refractivity contribution is 0.239. The van der Waals surface area contributed by atoms with E-state index in [0.717, 1.165) is 6.42 Å². The van der Waals surface area contributed by atoms with Crippen LogP contribution in [0.3, 0.4) is 0 Å². The normalized spacial score (nSPS) is 25.6. The van der Waals surface area contributed by atoms with Gasteiger partial charge in [-0.25, -0.2) is 0 Å². The molecule has 78 valence electrons. The van der Waals surface area contributed by atoms with Gasteiger partial charge in [-0.3, -0.25) is 4.39 Å². The summed E-state index contributed by atoms with van der Waals surface area (Å²) in [4.78, 5) is 2.52. The van der Waals surface area contributed by atoms with Crippen LogP contribution >= 0.6 is 0 Å². The van der Waals surface area contributed by atoms with Crippen LogP contribution in [-0.4, -0.2) is 31.2 Å². The van der Waals surface area contributed by atoms with Crippen molar-refractivity contribution in [2.75, 3.05) is 26.3 Å². The number of nitrogens with zero attached hydrogens (tertiary/aromatic N) is 1. The van der Waals surface area contributed by atoms with Gasteiger partial charge in [-0.2, -0.15) is 0 Å². The largest absolute Gasteiger partial charge is 0.303 e. The van der Waals surface area contributed by atoms with Gasteiger partial charge in [0.15, 0.2) is 0 Å². The molecule has 1 aliphatic heterocycles. The summed E-state index contributed by atoms with van der Waals surface area (Å²) >= 11 is 0. The smallest absolute Gasteiger partial charge is 0.0900 e. The summed E-state index contributed by atoms with van der Waals surface area (Å²) in [5.74, 6) is 0. The summed E-state index contributed by atoms with van der Waals surface area (Å²) in [6, 6.07) is 0. The number of alkyl halides is 1. The first-order chi connectivity index (χ1) is 5.85.